The lowest BCUT2D eigenvalue weighted by atomic mass is 10.2. The first-order valence-electron chi connectivity index (χ1n) is 7.90. The minimum Gasteiger partial charge on any atom is -0.322 e. The lowest BCUT2D eigenvalue weighted by Gasteiger charge is -2.18. The summed E-state index contributed by atoms with van der Waals surface area (Å²) in [6, 6.07) is 12.8. The fourth-order valence-corrected chi connectivity index (χ4v) is 3.84. The zero-order valence-electron chi connectivity index (χ0n) is 14.2. The highest BCUT2D eigenvalue weighted by atomic mass is 32.2. The van der Waals surface area contributed by atoms with Gasteiger partial charge >= 0.3 is 0 Å². The minimum atomic E-state index is -3.53. The fraction of sp³-hybridized carbons (Fsp3) is 0.211. The number of hydrogen-bond acceptors (Lipinski definition) is 3. The molecule has 2 aromatic carbocycles. The molecule has 0 radical (unpaired) electrons. The smallest absolute Gasteiger partial charge is 0.255 e. The molecule has 0 bridgehead atoms. The number of amides is 1. The second kappa shape index (κ2) is 7.97. The third kappa shape index (κ3) is 4.27. The molecule has 0 atom stereocenters. The number of hydrogen-bond donors (Lipinski definition) is 1. The molecule has 1 amide bonds. The molecule has 0 aliphatic heterocycles. The molecule has 6 heteroatoms. The largest absolute Gasteiger partial charge is 0.322 e. The van der Waals surface area contributed by atoms with Crippen molar-refractivity contribution in [1.29, 1.82) is 0 Å². The number of rotatable bonds is 6. The molecule has 25 heavy (non-hydrogen) atoms. The van der Waals surface area contributed by atoms with Crippen LogP contribution in [-0.2, 0) is 10.0 Å². The van der Waals surface area contributed by atoms with E-state index in [1.807, 2.05) is 0 Å². The van der Waals surface area contributed by atoms with Gasteiger partial charge in [0, 0.05) is 29.9 Å². The molecule has 0 saturated heterocycles. The monoisotopic (exact) mass is 356 g/mol. The highest BCUT2D eigenvalue weighted by Crippen LogP contribution is 2.17. The summed E-state index contributed by atoms with van der Waals surface area (Å²) in [4.78, 5) is 12.5. The summed E-state index contributed by atoms with van der Waals surface area (Å²) < 4.78 is 26.3. The van der Waals surface area contributed by atoms with Gasteiger partial charge in [0.2, 0.25) is 10.0 Å². The van der Waals surface area contributed by atoms with E-state index in [4.69, 9.17) is 6.42 Å². The number of sulfonamides is 1. The number of anilines is 1. The predicted octanol–water partition coefficient (Wildman–Crippen LogP) is 2.95. The van der Waals surface area contributed by atoms with Crippen molar-refractivity contribution in [3.05, 3.63) is 59.7 Å². The fourth-order valence-electron chi connectivity index (χ4n) is 2.38. The molecule has 0 fully saturated rings. The normalized spacial score (nSPS) is 11.1. The van der Waals surface area contributed by atoms with Crippen molar-refractivity contribution in [3.8, 4) is 12.3 Å². The Morgan fingerprint density at radius 3 is 2.32 bits per heavy atom. The maximum atomic E-state index is 12.4. The average molecular weight is 356 g/mol. The molecule has 0 aliphatic carbocycles. The Balaban J connectivity index is 2.19. The van der Waals surface area contributed by atoms with Crippen LogP contribution >= 0.6 is 0 Å². The van der Waals surface area contributed by atoms with E-state index in [1.54, 1.807) is 38.1 Å². The highest BCUT2D eigenvalue weighted by molar-refractivity contribution is 7.89. The van der Waals surface area contributed by atoms with Crippen LogP contribution in [-0.4, -0.2) is 31.7 Å². The van der Waals surface area contributed by atoms with Gasteiger partial charge < -0.3 is 5.32 Å². The third-order valence-corrected chi connectivity index (χ3v) is 5.81. The molecule has 1 N–H and O–H groups in total. The molecule has 0 aromatic heterocycles. The molecule has 0 spiro atoms. The first-order valence-corrected chi connectivity index (χ1v) is 9.34. The first-order chi connectivity index (χ1) is 11.9. The van der Waals surface area contributed by atoms with Crippen molar-refractivity contribution < 1.29 is 13.2 Å². The van der Waals surface area contributed by atoms with Gasteiger partial charge in [-0.2, -0.15) is 4.31 Å². The van der Waals surface area contributed by atoms with E-state index >= 15 is 0 Å². The second-order valence-electron chi connectivity index (χ2n) is 5.29. The molecule has 2 aromatic rings. The quantitative estimate of drug-likeness (QED) is 0.809. The summed E-state index contributed by atoms with van der Waals surface area (Å²) in [7, 11) is -3.53. The van der Waals surface area contributed by atoms with Crippen LogP contribution in [0.2, 0.25) is 0 Å². The van der Waals surface area contributed by atoms with Gasteiger partial charge in [-0.3, -0.25) is 4.79 Å². The van der Waals surface area contributed by atoms with Gasteiger partial charge in [-0.1, -0.05) is 25.8 Å². The summed E-state index contributed by atoms with van der Waals surface area (Å²) in [5.41, 5.74) is 1.61. The van der Waals surface area contributed by atoms with Crippen molar-refractivity contribution in [2.75, 3.05) is 18.4 Å². The van der Waals surface area contributed by atoms with Crippen molar-refractivity contribution in [2.45, 2.75) is 18.7 Å². The van der Waals surface area contributed by atoms with Crippen LogP contribution in [0, 0.1) is 12.3 Å². The van der Waals surface area contributed by atoms with Gasteiger partial charge in [0.25, 0.3) is 5.91 Å². The lowest BCUT2D eigenvalue weighted by Crippen LogP contribution is -2.30. The van der Waals surface area contributed by atoms with E-state index in [2.05, 4.69) is 11.2 Å². The lowest BCUT2D eigenvalue weighted by molar-refractivity contribution is 0.102. The predicted molar refractivity (Wildman–Crippen MR) is 98.9 cm³/mol. The first kappa shape index (κ1) is 18.7. The SMILES string of the molecule is C#Cc1cccc(NC(=O)c2ccc(S(=O)(=O)N(CC)CC)cc2)c1. The zero-order chi connectivity index (χ0) is 18.4. The molecule has 0 saturated carbocycles. The third-order valence-electron chi connectivity index (χ3n) is 3.75. The molecular formula is C19H20N2O3S. The van der Waals surface area contributed by atoms with Crippen molar-refractivity contribution >= 4 is 21.6 Å². The Hall–Kier alpha value is -2.62. The zero-order valence-corrected chi connectivity index (χ0v) is 15.0. The van der Waals surface area contributed by atoms with E-state index in [-0.39, 0.29) is 10.8 Å². The summed E-state index contributed by atoms with van der Waals surface area (Å²) >= 11 is 0. The van der Waals surface area contributed by atoms with Crippen molar-refractivity contribution in [2.24, 2.45) is 0 Å². The van der Waals surface area contributed by atoms with Crippen LogP contribution < -0.4 is 5.32 Å². The number of carbonyl (C=O) groups excluding carboxylic acids is 1. The van der Waals surface area contributed by atoms with Crippen LogP contribution in [0.25, 0.3) is 0 Å². The minimum absolute atomic E-state index is 0.169. The van der Waals surface area contributed by atoms with Crippen LogP contribution in [0.1, 0.15) is 29.8 Å². The highest BCUT2D eigenvalue weighted by Gasteiger charge is 2.21. The molecule has 0 unspecified atom stereocenters. The Morgan fingerprint density at radius 1 is 1.12 bits per heavy atom. The summed E-state index contributed by atoms with van der Waals surface area (Å²) in [6.07, 6.45) is 5.34. The summed E-state index contributed by atoms with van der Waals surface area (Å²) in [6.45, 7) is 4.36. The molecule has 5 nitrogen and oxygen atoms in total. The Kier molecular flexibility index (Phi) is 5.97. The van der Waals surface area contributed by atoms with E-state index in [1.165, 1.54) is 28.6 Å². The van der Waals surface area contributed by atoms with Crippen LogP contribution in [0.3, 0.4) is 0 Å². The molecule has 0 aliphatic rings. The number of carbonyl (C=O) groups is 1. The average Bonchev–Trinajstić information content (AvgIpc) is 2.62. The second-order valence-corrected chi connectivity index (χ2v) is 7.23. The standard InChI is InChI=1S/C19H20N2O3S/c1-4-15-8-7-9-17(14-15)20-19(22)16-10-12-18(13-11-16)25(23,24)21(5-2)6-3/h1,7-14H,5-6H2,2-3H3,(H,20,22). The van der Waals surface area contributed by atoms with Gasteiger partial charge in [0.15, 0.2) is 0 Å². The van der Waals surface area contributed by atoms with Gasteiger partial charge in [-0.15, -0.1) is 6.42 Å². The molecule has 130 valence electrons. The van der Waals surface area contributed by atoms with Gasteiger partial charge in [0.1, 0.15) is 0 Å². The van der Waals surface area contributed by atoms with Crippen molar-refractivity contribution in [1.82, 2.24) is 4.31 Å². The Labute approximate surface area is 148 Å². The van der Waals surface area contributed by atoms with Crippen LogP contribution in [0.4, 0.5) is 5.69 Å². The number of nitrogens with one attached hydrogen (secondary N) is 1. The van der Waals surface area contributed by atoms with Gasteiger partial charge in [0.05, 0.1) is 4.90 Å². The maximum Gasteiger partial charge on any atom is 0.255 e. The van der Waals surface area contributed by atoms with E-state index in [9.17, 15) is 13.2 Å². The Bertz CT molecular complexity index is 893. The molecular weight excluding hydrogens is 336 g/mol. The van der Waals surface area contributed by atoms with Gasteiger partial charge in [-0.05, 0) is 42.5 Å². The van der Waals surface area contributed by atoms with E-state index in [0.717, 1.165) is 0 Å². The molecule has 0 heterocycles. The maximum absolute atomic E-state index is 12.4. The van der Waals surface area contributed by atoms with Crippen LogP contribution in [0.5, 0.6) is 0 Å². The molecule has 2 rings (SSSR count). The van der Waals surface area contributed by atoms with E-state index < -0.39 is 10.0 Å². The van der Waals surface area contributed by atoms with Gasteiger partial charge in [-0.25, -0.2) is 8.42 Å². The van der Waals surface area contributed by atoms with Crippen molar-refractivity contribution in [3.63, 3.8) is 0 Å². The van der Waals surface area contributed by atoms with Crippen LogP contribution in [0.15, 0.2) is 53.4 Å². The van der Waals surface area contributed by atoms with E-state index in [0.29, 0.717) is 29.9 Å². The number of terminal acetylenes is 1. The Morgan fingerprint density at radius 2 is 1.76 bits per heavy atom. The topological polar surface area (TPSA) is 66.5 Å². The summed E-state index contributed by atoms with van der Waals surface area (Å²) in [5, 5.41) is 2.74. The number of benzene rings is 2. The number of nitrogens with zero attached hydrogens (tertiary/aromatic N) is 1. The summed E-state index contributed by atoms with van der Waals surface area (Å²) in [5.74, 6) is 2.17.